The van der Waals surface area contributed by atoms with Gasteiger partial charge in [-0.05, 0) is 0 Å². The SMILES string of the molecule is [2H]c1c[c]([Sb]([c]2c([2H])c([2H])c([2H])c([2H])c2[2H])[c]2c([2H])c([2H])c([2H])c([2H])c2[2H])c([2H])c([2H])c1[2H]. The Bertz CT molecular complexity index is 1190. The maximum absolute atomic E-state index is 8.40. The molecule has 19 heavy (non-hydrogen) atoms. The molecule has 1 heteroatoms. The molecule has 0 nitrogen and oxygen atoms in total. The second-order valence-corrected chi connectivity index (χ2v) is 9.17. The quantitative estimate of drug-likeness (QED) is 0.623. The van der Waals surface area contributed by atoms with Crippen molar-refractivity contribution in [3.8, 4) is 0 Å². The molecule has 3 rings (SSSR count). The third kappa shape index (κ3) is 2.91. The average Bonchev–Trinajstić information content (AvgIpc) is 2.79. The Morgan fingerprint density at radius 3 is 1.47 bits per heavy atom. The van der Waals surface area contributed by atoms with Crippen LogP contribution in [0, 0.1) is 0 Å². The number of benzene rings is 3. The Morgan fingerprint density at radius 2 is 0.947 bits per heavy atom. The van der Waals surface area contributed by atoms with E-state index in [4.69, 9.17) is 19.2 Å². The van der Waals surface area contributed by atoms with Gasteiger partial charge in [-0.2, -0.15) is 0 Å². The van der Waals surface area contributed by atoms with Crippen LogP contribution in [0.1, 0.15) is 19.2 Å². The van der Waals surface area contributed by atoms with Gasteiger partial charge in [0, 0.05) is 0 Å². The van der Waals surface area contributed by atoms with E-state index in [1.54, 1.807) is 0 Å². The van der Waals surface area contributed by atoms with Gasteiger partial charge in [-0.15, -0.1) is 0 Å². The predicted molar refractivity (Wildman–Crippen MR) is 84.0 cm³/mol. The maximum atomic E-state index is 8.40. The normalized spacial score (nSPS) is 20.9. The number of hydrogen-bond donors (Lipinski definition) is 0. The van der Waals surface area contributed by atoms with Crippen molar-refractivity contribution in [2.75, 3.05) is 0 Å². The predicted octanol–water partition coefficient (Wildman–Crippen LogP) is 2.20. The van der Waals surface area contributed by atoms with E-state index >= 15 is 0 Å². The van der Waals surface area contributed by atoms with E-state index < -0.39 is 105 Å². The third-order valence-corrected chi connectivity index (χ3v) is 8.09. The summed E-state index contributed by atoms with van der Waals surface area (Å²) < 4.78 is 113. The van der Waals surface area contributed by atoms with Gasteiger partial charge in [0.25, 0.3) is 0 Å². The van der Waals surface area contributed by atoms with E-state index in [0.29, 0.717) is 0 Å². The molecule has 0 aliphatic carbocycles. The summed E-state index contributed by atoms with van der Waals surface area (Å²) >= 11 is -4.27. The second kappa shape index (κ2) is 6.08. The zero-order chi connectivity index (χ0) is 25.1. The first-order chi connectivity index (χ1) is 15.2. The van der Waals surface area contributed by atoms with Gasteiger partial charge in [0.15, 0.2) is 0 Å². The van der Waals surface area contributed by atoms with E-state index in [2.05, 4.69) is 0 Å². The molecule has 3 aromatic carbocycles. The summed E-state index contributed by atoms with van der Waals surface area (Å²) in [5.74, 6) is 0. The fraction of sp³-hybridized carbons (Fsp3) is 0. The van der Waals surface area contributed by atoms with Gasteiger partial charge in [0.1, 0.15) is 0 Å². The van der Waals surface area contributed by atoms with Crippen LogP contribution in [0.3, 0.4) is 0 Å². The molecule has 0 aliphatic rings. The molecule has 0 saturated heterocycles. The van der Waals surface area contributed by atoms with Crippen LogP contribution < -0.4 is 10.5 Å². The van der Waals surface area contributed by atoms with Crippen molar-refractivity contribution in [2.45, 2.75) is 0 Å². The van der Waals surface area contributed by atoms with Crippen LogP contribution in [-0.4, -0.2) is 20.2 Å². The Balaban J connectivity index is 2.62. The Labute approximate surface area is 141 Å². The van der Waals surface area contributed by atoms with Gasteiger partial charge in [-0.3, -0.25) is 0 Å². The Hall–Kier alpha value is -1.52. The summed E-state index contributed by atoms with van der Waals surface area (Å²) in [4.78, 5) is 0. The summed E-state index contributed by atoms with van der Waals surface area (Å²) in [6, 6.07) is -7.76. The fourth-order valence-electron chi connectivity index (χ4n) is 1.46. The number of rotatable bonds is 3. The van der Waals surface area contributed by atoms with Crippen LogP contribution in [0.4, 0.5) is 0 Å². The van der Waals surface area contributed by atoms with E-state index in [1.165, 1.54) is 0 Å². The van der Waals surface area contributed by atoms with Crippen molar-refractivity contribution in [3.63, 3.8) is 0 Å². The van der Waals surface area contributed by atoms with Crippen LogP contribution in [0.2, 0.25) is 0 Å². The van der Waals surface area contributed by atoms with E-state index in [0.717, 1.165) is 6.07 Å². The van der Waals surface area contributed by atoms with Crippen LogP contribution in [0.5, 0.6) is 0 Å². The zero-order valence-electron chi connectivity index (χ0n) is 23.5. The van der Waals surface area contributed by atoms with E-state index in [-0.39, 0.29) is 10.5 Å². The second-order valence-electron chi connectivity index (χ2n) is 3.33. The molecule has 0 N–H and O–H groups in total. The average molecular weight is 367 g/mol. The molecule has 0 fully saturated rings. The minimum absolute atomic E-state index is 0.110. The van der Waals surface area contributed by atoms with Crippen molar-refractivity contribution in [2.24, 2.45) is 0 Å². The molecule has 0 atom stereocenters. The van der Waals surface area contributed by atoms with Gasteiger partial charge < -0.3 is 0 Å². The molecular weight excluding hydrogens is 338 g/mol. The van der Waals surface area contributed by atoms with Gasteiger partial charge >= 0.3 is 141 Å². The Morgan fingerprint density at radius 1 is 0.526 bits per heavy atom. The van der Waals surface area contributed by atoms with Crippen LogP contribution in [0.25, 0.3) is 0 Å². The molecule has 3 aromatic rings. The molecule has 0 radical (unpaired) electrons. The summed E-state index contributed by atoms with van der Waals surface area (Å²) in [6.07, 6.45) is 0. The molecule has 0 amide bonds. The minimum atomic E-state index is -4.27. The van der Waals surface area contributed by atoms with Gasteiger partial charge in [-0.25, -0.2) is 0 Å². The molecule has 0 spiro atoms. The van der Waals surface area contributed by atoms with Gasteiger partial charge in [-0.1, -0.05) is 0 Å². The van der Waals surface area contributed by atoms with Crippen molar-refractivity contribution >= 4 is 30.7 Å². The van der Waals surface area contributed by atoms with Crippen molar-refractivity contribution in [3.05, 3.63) is 90.7 Å². The molecular formula is C18H15Sb. The third-order valence-electron chi connectivity index (χ3n) is 2.20. The first-order valence-electron chi connectivity index (χ1n) is 12.2. The van der Waals surface area contributed by atoms with E-state index in [9.17, 15) is 0 Å². The van der Waals surface area contributed by atoms with Crippen molar-refractivity contribution in [1.29, 1.82) is 0 Å². The molecule has 92 valence electrons. The summed E-state index contributed by atoms with van der Waals surface area (Å²) in [7, 11) is 0. The summed E-state index contributed by atoms with van der Waals surface area (Å²) in [5, 5.41) is 0. The van der Waals surface area contributed by atoms with E-state index in [1.807, 2.05) is 0 Å². The summed E-state index contributed by atoms with van der Waals surface area (Å²) in [6.45, 7) is 0. The molecule has 0 aliphatic heterocycles. The molecule has 0 saturated carbocycles. The monoisotopic (exact) mass is 366 g/mol. The fourth-order valence-corrected chi connectivity index (χ4v) is 6.41. The van der Waals surface area contributed by atoms with Crippen LogP contribution in [-0.2, 0) is 0 Å². The van der Waals surface area contributed by atoms with Crippen molar-refractivity contribution < 1.29 is 19.2 Å². The molecule has 0 unspecified atom stereocenters. The van der Waals surface area contributed by atoms with Gasteiger partial charge in [0.2, 0.25) is 0 Å². The zero-order valence-corrected chi connectivity index (χ0v) is 12.1. The first-order valence-corrected chi connectivity index (χ1v) is 9.08. The Kier molecular flexibility index (Phi) is 1.36. The topological polar surface area (TPSA) is 0 Å². The van der Waals surface area contributed by atoms with Crippen molar-refractivity contribution in [1.82, 2.24) is 0 Å². The molecule has 0 bridgehead atoms. The van der Waals surface area contributed by atoms with Gasteiger partial charge in [0.05, 0.1) is 0 Å². The van der Waals surface area contributed by atoms with Crippen LogP contribution in [0.15, 0.2) is 90.7 Å². The van der Waals surface area contributed by atoms with Crippen LogP contribution >= 0.6 is 0 Å². The summed E-state index contributed by atoms with van der Waals surface area (Å²) in [5.41, 5.74) is 0. The molecule has 0 heterocycles. The first kappa shape index (κ1) is 4.23. The number of hydrogen-bond acceptors (Lipinski definition) is 0. The molecule has 0 aromatic heterocycles. The standard InChI is InChI=1S/3C6H5.Sb/c3*1-2-4-6-5-3-1;/h3*1-5H;/i2*1D,2D,3D,4D,5D;1D,2D,3D,4D;.